The van der Waals surface area contributed by atoms with Crippen LogP contribution in [0, 0.1) is 0 Å². The zero-order chi connectivity index (χ0) is 19.1. The summed E-state index contributed by atoms with van der Waals surface area (Å²) in [5.41, 5.74) is 0.285. The molecule has 1 N–H and O–H groups in total. The SMILES string of the molecule is O=C(CNC(=O)c1ccc(Cl)c(Cl)c1)OCCOc1ccc(Cl)cc1Cl. The maximum atomic E-state index is 11.9. The second-order valence-corrected chi connectivity index (χ2v) is 6.61. The van der Waals surface area contributed by atoms with Crippen molar-refractivity contribution in [3.63, 3.8) is 0 Å². The molecule has 2 rings (SSSR count). The van der Waals surface area contributed by atoms with E-state index in [9.17, 15) is 9.59 Å². The first kappa shape index (κ1) is 20.6. The van der Waals surface area contributed by atoms with Crippen LogP contribution in [0.2, 0.25) is 20.1 Å². The smallest absolute Gasteiger partial charge is 0.325 e. The van der Waals surface area contributed by atoms with Gasteiger partial charge in [-0.2, -0.15) is 0 Å². The van der Waals surface area contributed by atoms with E-state index in [2.05, 4.69) is 5.32 Å². The molecular formula is C17H13Cl4NO4. The van der Waals surface area contributed by atoms with E-state index < -0.39 is 11.9 Å². The third-order valence-electron chi connectivity index (χ3n) is 3.07. The first-order valence-corrected chi connectivity index (χ1v) is 8.84. The normalized spacial score (nSPS) is 10.3. The van der Waals surface area contributed by atoms with Crippen LogP contribution in [0.15, 0.2) is 36.4 Å². The fourth-order valence-corrected chi connectivity index (χ4v) is 2.60. The molecule has 2 aromatic carbocycles. The van der Waals surface area contributed by atoms with E-state index in [1.54, 1.807) is 18.2 Å². The number of nitrogens with one attached hydrogen (secondary N) is 1. The van der Waals surface area contributed by atoms with Gasteiger partial charge in [-0.15, -0.1) is 0 Å². The van der Waals surface area contributed by atoms with Crippen LogP contribution in [-0.4, -0.2) is 31.6 Å². The van der Waals surface area contributed by atoms with Crippen LogP contribution in [0.4, 0.5) is 0 Å². The van der Waals surface area contributed by atoms with Gasteiger partial charge < -0.3 is 14.8 Å². The minimum atomic E-state index is -0.607. The number of halogens is 4. The molecule has 0 heterocycles. The lowest BCUT2D eigenvalue weighted by molar-refractivity contribution is -0.143. The number of esters is 1. The summed E-state index contributed by atoms with van der Waals surface area (Å²) in [7, 11) is 0. The van der Waals surface area contributed by atoms with E-state index in [0.29, 0.717) is 20.8 Å². The molecule has 0 atom stereocenters. The van der Waals surface area contributed by atoms with Crippen LogP contribution in [0.25, 0.3) is 0 Å². The molecule has 0 spiro atoms. The molecule has 0 aliphatic heterocycles. The summed E-state index contributed by atoms with van der Waals surface area (Å²) in [5.74, 6) is -0.644. The predicted octanol–water partition coefficient (Wildman–Crippen LogP) is 4.65. The first-order chi connectivity index (χ1) is 12.4. The fraction of sp³-hybridized carbons (Fsp3) is 0.176. The summed E-state index contributed by atoms with van der Waals surface area (Å²) in [6.45, 7) is -0.185. The molecule has 5 nitrogen and oxygen atoms in total. The Balaban J connectivity index is 1.70. The zero-order valence-electron chi connectivity index (χ0n) is 13.2. The van der Waals surface area contributed by atoms with Crippen LogP contribution in [-0.2, 0) is 9.53 Å². The van der Waals surface area contributed by atoms with E-state index in [0.717, 1.165) is 0 Å². The van der Waals surface area contributed by atoms with Crippen molar-refractivity contribution in [3.05, 3.63) is 62.1 Å². The molecule has 0 radical (unpaired) electrons. The van der Waals surface area contributed by atoms with Crippen molar-refractivity contribution in [2.45, 2.75) is 0 Å². The van der Waals surface area contributed by atoms with E-state index in [1.165, 1.54) is 18.2 Å². The minimum absolute atomic E-state index is 0.000429. The molecule has 9 heteroatoms. The lowest BCUT2D eigenvalue weighted by Crippen LogP contribution is -2.31. The van der Waals surface area contributed by atoms with Gasteiger partial charge in [0.05, 0.1) is 15.1 Å². The van der Waals surface area contributed by atoms with Crippen molar-refractivity contribution in [1.82, 2.24) is 5.32 Å². The lowest BCUT2D eigenvalue weighted by atomic mass is 10.2. The molecule has 0 saturated heterocycles. The Bertz CT molecular complexity index is 813. The van der Waals surface area contributed by atoms with Crippen LogP contribution in [0.5, 0.6) is 5.75 Å². The standard InChI is InChI=1S/C17H13Cl4NO4/c18-11-2-4-15(14(21)8-11)25-5-6-26-16(23)9-22-17(24)10-1-3-12(19)13(20)7-10/h1-4,7-8H,5-6,9H2,(H,22,24). The van der Waals surface area contributed by atoms with E-state index in [-0.39, 0.29) is 30.3 Å². The second-order valence-electron chi connectivity index (χ2n) is 4.96. The maximum absolute atomic E-state index is 11.9. The average molecular weight is 437 g/mol. The first-order valence-electron chi connectivity index (χ1n) is 7.33. The Morgan fingerprint density at radius 2 is 1.65 bits per heavy atom. The molecule has 0 saturated carbocycles. The Labute approximate surface area is 170 Å². The molecule has 0 aromatic heterocycles. The Kier molecular flexibility index (Phi) is 7.85. The van der Waals surface area contributed by atoms with Crippen molar-refractivity contribution >= 4 is 58.3 Å². The summed E-state index contributed by atoms with van der Waals surface area (Å²) >= 11 is 23.4. The van der Waals surface area contributed by atoms with Crippen LogP contribution >= 0.6 is 46.4 Å². The highest BCUT2D eigenvalue weighted by molar-refractivity contribution is 6.42. The van der Waals surface area contributed by atoms with Crippen molar-refractivity contribution in [3.8, 4) is 5.75 Å². The van der Waals surface area contributed by atoms with E-state index >= 15 is 0 Å². The highest BCUT2D eigenvalue weighted by Crippen LogP contribution is 2.27. The number of hydrogen-bond donors (Lipinski definition) is 1. The lowest BCUT2D eigenvalue weighted by Gasteiger charge is -2.09. The highest BCUT2D eigenvalue weighted by Gasteiger charge is 2.11. The van der Waals surface area contributed by atoms with Gasteiger partial charge in [0.1, 0.15) is 25.5 Å². The van der Waals surface area contributed by atoms with Gasteiger partial charge in [-0.05, 0) is 36.4 Å². The van der Waals surface area contributed by atoms with Gasteiger partial charge in [0.25, 0.3) is 5.91 Å². The third kappa shape index (κ3) is 6.25. The zero-order valence-corrected chi connectivity index (χ0v) is 16.3. The van der Waals surface area contributed by atoms with Crippen molar-refractivity contribution in [2.24, 2.45) is 0 Å². The molecular weight excluding hydrogens is 424 g/mol. The molecule has 0 bridgehead atoms. The fourth-order valence-electron chi connectivity index (χ4n) is 1.84. The Morgan fingerprint density at radius 3 is 2.35 bits per heavy atom. The molecule has 0 aliphatic carbocycles. The molecule has 26 heavy (non-hydrogen) atoms. The molecule has 0 aliphatic rings. The van der Waals surface area contributed by atoms with Gasteiger partial charge in [-0.25, -0.2) is 0 Å². The van der Waals surface area contributed by atoms with Gasteiger partial charge in [0.2, 0.25) is 0 Å². The third-order valence-corrected chi connectivity index (χ3v) is 4.34. The molecule has 2 aromatic rings. The second kappa shape index (κ2) is 9.88. The van der Waals surface area contributed by atoms with Crippen molar-refractivity contribution < 1.29 is 19.1 Å². The van der Waals surface area contributed by atoms with Gasteiger partial charge in [0.15, 0.2) is 0 Å². The average Bonchev–Trinajstić information content (AvgIpc) is 2.60. The number of carbonyl (C=O) groups excluding carboxylic acids is 2. The minimum Gasteiger partial charge on any atom is -0.488 e. The molecule has 138 valence electrons. The summed E-state index contributed by atoms with van der Waals surface area (Å²) in [6, 6.07) is 9.20. The largest absolute Gasteiger partial charge is 0.488 e. The molecule has 0 fully saturated rings. The van der Waals surface area contributed by atoms with Crippen LogP contribution in [0.1, 0.15) is 10.4 Å². The summed E-state index contributed by atoms with van der Waals surface area (Å²) in [4.78, 5) is 23.6. The topological polar surface area (TPSA) is 64.6 Å². The van der Waals surface area contributed by atoms with Crippen molar-refractivity contribution in [1.29, 1.82) is 0 Å². The number of rotatable bonds is 7. The van der Waals surface area contributed by atoms with E-state index in [1.807, 2.05) is 0 Å². The summed E-state index contributed by atoms with van der Waals surface area (Å²) in [5, 5.41) is 3.87. The predicted molar refractivity (Wildman–Crippen MR) is 102 cm³/mol. The number of benzene rings is 2. The van der Waals surface area contributed by atoms with Gasteiger partial charge in [-0.3, -0.25) is 9.59 Å². The number of ether oxygens (including phenoxy) is 2. The van der Waals surface area contributed by atoms with Gasteiger partial charge >= 0.3 is 5.97 Å². The highest BCUT2D eigenvalue weighted by atomic mass is 35.5. The van der Waals surface area contributed by atoms with Crippen molar-refractivity contribution in [2.75, 3.05) is 19.8 Å². The number of hydrogen-bond acceptors (Lipinski definition) is 4. The van der Waals surface area contributed by atoms with E-state index in [4.69, 9.17) is 55.9 Å². The quantitative estimate of drug-likeness (QED) is 0.506. The Morgan fingerprint density at radius 1 is 0.885 bits per heavy atom. The monoisotopic (exact) mass is 435 g/mol. The summed E-state index contributed by atoms with van der Waals surface area (Å²) in [6.07, 6.45) is 0. The Hall–Kier alpha value is -1.66. The molecule has 0 unspecified atom stereocenters. The van der Waals surface area contributed by atoms with Gasteiger partial charge in [-0.1, -0.05) is 46.4 Å². The number of carbonyl (C=O) groups is 2. The maximum Gasteiger partial charge on any atom is 0.325 e. The summed E-state index contributed by atoms with van der Waals surface area (Å²) < 4.78 is 10.3. The molecule has 1 amide bonds. The van der Waals surface area contributed by atoms with Crippen LogP contribution < -0.4 is 10.1 Å². The van der Waals surface area contributed by atoms with Crippen LogP contribution in [0.3, 0.4) is 0 Å². The number of amides is 1. The van der Waals surface area contributed by atoms with Gasteiger partial charge in [0, 0.05) is 10.6 Å².